The van der Waals surface area contributed by atoms with Crippen LogP contribution in [0.2, 0.25) is 18.6 Å². The fourth-order valence-electron chi connectivity index (χ4n) is 8.06. The smallest absolute Gasteiger partial charge is 0.264 e. The zero-order chi connectivity index (χ0) is 34.8. The average Bonchev–Trinajstić information content (AvgIpc) is 3.54. The topological polar surface area (TPSA) is 88.5 Å². The highest BCUT2D eigenvalue weighted by molar-refractivity contribution is 6.91. The molecule has 49 heavy (non-hydrogen) atoms. The summed E-state index contributed by atoms with van der Waals surface area (Å²) < 4.78 is 18.4. The van der Waals surface area contributed by atoms with Crippen molar-refractivity contribution < 1.29 is 28.9 Å². The number of nitrogens with zero attached hydrogens (tertiary/aromatic N) is 2. The molecule has 256 valence electrons. The number of carbonyl (C=O) groups is 2. The first-order valence-electron chi connectivity index (χ1n) is 16.9. The van der Waals surface area contributed by atoms with Gasteiger partial charge in [0.25, 0.3) is 5.91 Å². The van der Waals surface area contributed by atoms with E-state index in [1.54, 1.807) is 19.1 Å². The highest BCUT2D eigenvalue weighted by Gasteiger charge is 2.66. The molecule has 0 aromatic heterocycles. The maximum Gasteiger partial charge on any atom is 0.264 e. The van der Waals surface area contributed by atoms with E-state index in [9.17, 15) is 9.90 Å². The lowest BCUT2D eigenvalue weighted by molar-refractivity contribution is -0.150. The van der Waals surface area contributed by atoms with Crippen LogP contribution in [0.5, 0.6) is 11.5 Å². The second-order valence-corrected chi connectivity index (χ2v) is 18.3. The Balaban J connectivity index is 1.44. The van der Waals surface area contributed by atoms with Crippen molar-refractivity contribution in [1.29, 1.82) is 0 Å². The van der Waals surface area contributed by atoms with Crippen molar-refractivity contribution in [3.05, 3.63) is 120 Å². The van der Waals surface area contributed by atoms with E-state index in [-0.39, 0.29) is 42.8 Å². The molecule has 1 spiro atoms. The fourth-order valence-corrected chi connectivity index (χ4v) is 12.1. The molecule has 0 radical (unpaired) electrons. The van der Waals surface area contributed by atoms with Gasteiger partial charge in [-0.2, -0.15) is 0 Å². The number of methoxy groups -OCH3 is 2. The lowest BCUT2D eigenvalue weighted by atomic mass is 9.82. The molecular weight excluding hydrogens is 633 g/mol. The van der Waals surface area contributed by atoms with Crippen molar-refractivity contribution in [2.75, 3.05) is 32.3 Å². The number of rotatable bonds is 12. The minimum atomic E-state index is -2.47. The van der Waals surface area contributed by atoms with Crippen LogP contribution in [-0.2, 0) is 33.0 Å². The molecule has 1 saturated heterocycles. The predicted octanol–water partition coefficient (Wildman–Crippen LogP) is 5.88. The highest BCUT2D eigenvalue weighted by Crippen LogP contribution is 2.60. The van der Waals surface area contributed by atoms with Gasteiger partial charge in [-0.05, 0) is 47.0 Å². The van der Waals surface area contributed by atoms with Gasteiger partial charge in [0.05, 0.1) is 53.7 Å². The normalized spacial score (nSPS) is 21.6. The minimum Gasteiger partial charge on any atom is -0.497 e. The summed E-state index contributed by atoms with van der Waals surface area (Å²) in [6.45, 7) is 7.55. The van der Waals surface area contributed by atoms with Gasteiger partial charge in [0, 0.05) is 24.6 Å². The molecule has 0 unspecified atom stereocenters. The second kappa shape index (κ2) is 14.2. The zero-order valence-electron chi connectivity index (χ0n) is 29.0. The number of amides is 2. The maximum absolute atomic E-state index is 15.0. The van der Waals surface area contributed by atoms with Crippen LogP contribution in [0.3, 0.4) is 0 Å². The summed E-state index contributed by atoms with van der Waals surface area (Å²) in [7, 11) is 0.811. The van der Waals surface area contributed by atoms with Crippen LogP contribution < -0.4 is 19.6 Å². The van der Waals surface area contributed by atoms with Gasteiger partial charge < -0.3 is 29.1 Å². The van der Waals surface area contributed by atoms with E-state index in [0.29, 0.717) is 18.8 Å². The van der Waals surface area contributed by atoms with Gasteiger partial charge in [0.15, 0.2) is 5.60 Å². The van der Waals surface area contributed by atoms with Gasteiger partial charge >= 0.3 is 0 Å². The van der Waals surface area contributed by atoms with Crippen molar-refractivity contribution in [2.24, 2.45) is 5.92 Å². The second-order valence-electron chi connectivity index (χ2n) is 13.6. The summed E-state index contributed by atoms with van der Waals surface area (Å²) in [6.07, 6.45) is -0.468. The molecule has 6 rings (SSSR count). The summed E-state index contributed by atoms with van der Waals surface area (Å²) in [5.41, 5.74) is 2.13. The number of carbonyl (C=O) groups excluding carboxylic acids is 2. The van der Waals surface area contributed by atoms with Crippen LogP contribution in [0.15, 0.2) is 103 Å². The van der Waals surface area contributed by atoms with E-state index in [0.717, 1.165) is 28.1 Å². The van der Waals surface area contributed by atoms with Gasteiger partial charge in [-0.25, -0.2) is 0 Å². The van der Waals surface area contributed by atoms with E-state index in [2.05, 4.69) is 32.2 Å². The molecule has 2 heterocycles. The van der Waals surface area contributed by atoms with Crippen LogP contribution in [0, 0.1) is 5.92 Å². The van der Waals surface area contributed by atoms with Gasteiger partial charge in [-0.1, -0.05) is 98.0 Å². The number of anilines is 1. The summed E-state index contributed by atoms with van der Waals surface area (Å²) in [5.74, 6) is 0.908. The summed E-state index contributed by atoms with van der Waals surface area (Å²) in [4.78, 5) is 32.8. The molecular formula is C40H46N2O6Si. The summed E-state index contributed by atoms with van der Waals surface area (Å²) >= 11 is 0. The molecule has 8 nitrogen and oxygen atoms in total. The fraction of sp³-hybridized carbons (Fsp3) is 0.350. The van der Waals surface area contributed by atoms with E-state index >= 15 is 4.79 Å². The van der Waals surface area contributed by atoms with Crippen molar-refractivity contribution >= 4 is 30.8 Å². The molecule has 2 amide bonds. The Hall–Kier alpha value is -4.44. The summed E-state index contributed by atoms with van der Waals surface area (Å²) in [6, 6.07) is 33.7. The molecule has 9 heteroatoms. The lowest BCUT2D eigenvalue weighted by Crippen LogP contribution is -2.52. The van der Waals surface area contributed by atoms with Crippen LogP contribution in [0.1, 0.15) is 30.0 Å². The maximum atomic E-state index is 15.0. The molecule has 0 aliphatic carbocycles. The predicted molar refractivity (Wildman–Crippen MR) is 194 cm³/mol. The van der Waals surface area contributed by atoms with E-state index < -0.39 is 19.8 Å². The number of aliphatic hydroxyl groups is 1. The average molecular weight is 679 g/mol. The lowest BCUT2D eigenvalue weighted by Gasteiger charge is -2.37. The molecule has 2 aliphatic heterocycles. The molecule has 4 atom stereocenters. The third kappa shape index (κ3) is 6.38. The first kappa shape index (κ1) is 34.4. The minimum absolute atomic E-state index is 0.0848. The van der Waals surface area contributed by atoms with Crippen LogP contribution in [0.25, 0.3) is 0 Å². The Labute approximate surface area is 290 Å². The molecule has 4 aromatic rings. The molecule has 1 fully saturated rings. The largest absolute Gasteiger partial charge is 0.497 e. The quantitative estimate of drug-likeness (QED) is 0.189. The van der Waals surface area contributed by atoms with Gasteiger partial charge in [0.1, 0.15) is 11.5 Å². The first-order valence-corrected chi connectivity index (χ1v) is 20.0. The van der Waals surface area contributed by atoms with E-state index in [1.165, 1.54) is 5.19 Å². The number of fused-ring (bicyclic) bond motifs is 2. The molecule has 0 bridgehead atoms. The summed E-state index contributed by atoms with van der Waals surface area (Å²) in [5, 5.41) is 11.2. The molecule has 0 saturated carbocycles. The highest BCUT2D eigenvalue weighted by atomic mass is 28.3. The van der Waals surface area contributed by atoms with Crippen molar-refractivity contribution in [1.82, 2.24) is 4.90 Å². The third-order valence-corrected chi connectivity index (χ3v) is 14.9. The van der Waals surface area contributed by atoms with E-state index in [4.69, 9.17) is 14.2 Å². The van der Waals surface area contributed by atoms with Crippen molar-refractivity contribution in [3.63, 3.8) is 0 Å². The standard InChI is InChI=1S/C40H46N2O6Si/c1-28-38(49(4,5)33-19-16-31(46-2)17-20-33)36(25-37(44)41(22-23-43)26-29-12-8-6-9-13-29)48-40(28)34-24-32(47-3)18-21-35(34)42(39(40)45)27-30-14-10-7-11-15-30/h6-21,24,28,36,38,43H,22-23,25-27H2,1-5H3/t28-,36+,38-,40+/m1/s1. The van der Waals surface area contributed by atoms with E-state index in [1.807, 2.05) is 95.9 Å². The Morgan fingerprint density at radius 2 is 1.51 bits per heavy atom. The van der Waals surface area contributed by atoms with Gasteiger partial charge in [-0.15, -0.1) is 0 Å². The van der Waals surface area contributed by atoms with Crippen LogP contribution in [0.4, 0.5) is 5.69 Å². The van der Waals surface area contributed by atoms with Crippen molar-refractivity contribution in [3.8, 4) is 11.5 Å². The zero-order valence-corrected chi connectivity index (χ0v) is 30.0. The molecule has 2 aliphatic rings. The Bertz CT molecular complexity index is 1770. The monoisotopic (exact) mass is 678 g/mol. The first-order chi connectivity index (χ1) is 23.6. The third-order valence-electron chi connectivity index (χ3n) is 10.5. The van der Waals surface area contributed by atoms with Crippen LogP contribution in [-0.4, -0.2) is 63.4 Å². The Morgan fingerprint density at radius 3 is 2.12 bits per heavy atom. The Kier molecular flexibility index (Phi) is 9.97. The number of hydrogen-bond donors (Lipinski definition) is 1. The van der Waals surface area contributed by atoms with Gasteiger partial charge in [-0.3, -0.25) is 9.59 Å². The van der Waals surface area contributed by atoms with Crippen LogP contribution >= 0.6 is 0 Å². The molecule has 4 aromatic carbocycles. The van der Waals surface area contributed by atoms with Crippen molar-refractivity contribution in [2.45, 2.75) is 56.8 Å². The Morgan fingerprint density at radius 1 is 0.898 bits per heavy atom. The molecule has 1 N–H and O–H groups in total. The number of benzene rings is 4. The SMILES string of the molecule is COc1ccc([Si](C)(C)[C@H]2[C@H](CC(=O)N(CCO)Cc3ccccc3)O[C@@]3(C(=O)N(Cc4ccccc4)c4ccc(OC)cc43)[C@@H]2C)cc1. The number of hydrogen-bond acceptors (Lipinski definition) is 6. The number of aliphatic hydroxyl groups excluding tert-OH is 1. The number of ether oxygens (including phenoxy) is 3. The van der Waals surface area contributed by atoms with Gasteiger partial charge in [0.2, 0.25) is 5.91 Å².